The summed E-state index contributed by atoms with van der Waals surface area (Å²) in [5.41, 5.74) is 0.0153. The normalized spacial score (nSPS) is 18.3. The standard InChI is InChI=1S/C14H26O3S/c1-3-4-5-6-7-10-18(16)12-14(8-9-14)11-13(15)17-2/h3-12H2,1-2H3. The fourth-order valence-electron chi connectivity index (χ4n) is 2.21. The van der Waals surface area contributed by atoms with E-state index in [0.717, 1.165) is 25.0 Å². The van der Waals surface area contributed by atoms with Crippen molar-refractivity contribution in [3.8, 4) is 0 Å². The highest BCUT2D eigenvalue weighted by atomic mass is 32.2. The molecule has 1 aliphatic carbocycles. The lowest BCUT2D eigenvalue weighted by atomic mass is 10.1. The maximum atomic E-state index is 12.0. The van der Waals surface area contributed by atoms with Crippen molar-refractivity contribution in [3.05, 3.63) is 0 Å². The van der Waals surface area contributed by atoms with Gasteiger partial charge in [-0.3, -0.25) is 9.00 Å². The molecule has 1 fully saturated rings. The van der Waals surface area contributed by atoms with E-state index in [2.05, 4.69) is 6.92 Å². The Hall–Kier alpha value is -0.380. The lowest BCUT2D eigenvalue weighted by Gasteiger charge is -2.12. The van der Waals surface area contributed by atoms with E-state index < -0.39 is 10.8 Å². The molecular formula is C14H26O3S. The largest absolute Gasteiger partial charge is 0.469 e. The molecule has 0 amide bonds. The van der Waals surface area contributed by atoms with Crippen LogP contribution in [-0.4, -0.2) is 28.8 Å². The second-order valence-electron chi connectivity index (χ2n) is 5.46. The molecule has 0 aliphatic heterocycles. The highest BCUT2D eigenvalue weighted by Crippen LogP contribution is 2.49. The summed E-state index contributed by atoms with van der Waals surface area (Å²) in [6.45, 7) is 2.20. The van der Waals surface area contributed by atoms with E-state index in [9.17, 15) is 9.00 Å². The van der Waals surface area contributed by atoms with Gasteiger partial charge in [-0.05, 0) is 24.7 Å². The van der Waals surface area contributed by atoms with Crippen molar-refractivity contribution in [2.75, 3.05) is 18.6 Å². The molecule has 1 atom stereocenters. The van der Waals surface area contributed by atoms with Crippen LogP contribution in [0.5, 0.6) is 0 Å². The number of esters is 1. The predicted octanol–water partition coefficient (Wildman–Crippen LogP) is 3.05. The Balaban J connectivity index is 2.14. The molecule has 1 saturated carbocycles. The molecule has 0 bridgehead atoms. The first-order valence-corrected chi connectivity index (χ1v) is 8.52. The Bertz CT molecular complexity index is 285. The van der Waals surface area contributed by atoms with Gasteiger partial charge in [-0.1, -0.05) is 32.6 Å². The van der Waals surface area contributed by atoms with Gasteiger partial charge in [0.1, 0.15) is 0 Å². The molecule has 0 N–H and O–H groups in total. The van der Waals surface area contributed by atoms with E-state index in [-0.39, 0.29) is 11.4 Å². The Morgan fingerprint density at radius 1 is 1.22 bits per heavy atom. The third kappa shape index (κ3) is 5.98. The summed E-state index contributed by atoms with van der Waals surface area (Å²) in [7, 11) is 0.661. The van der Waals surface area contributed by atoms with Crippen LogP contribution in [0.15, 0.2) is 0 Å². The molecule has 0 saturated heterocycles. The van der Waals surface area contributed by atoms with E-state index >= 15 is 0 Å². The Kier molecular flexibility index (Phi) is 6.90. The van der Waals surface area contributed by atoms with Crippen LogP contribution in [0.2, 0.25) is 0 Å². The van der Waals surface area contributed by atoms with Crippen molar-refractivity contribution in [1.82, 2.24) is 0 Å². The Morgan fingerprint density at radius 2 is 1.89 bits per heavy atom. The summed E-state index contributed by atoms with van der Waals surface area (Å²) in [6.07, 6.45) is 8.52. The van der Waals surface area contributed by atoms with Gasteiger partial charge in [-0.15, -0.1) is 0 Å². The van der Waals surface area contributed by atoms with Crippen molar-refractivity contribution in [3.63, 3.8) is 0 Å². The first kappa shape index (κ1) is 15.7. The van der Waals surface area contributed by atoms with E-state index in [1.807, 2.05) is 0 Å². The van der Waals surface area contributed by atoms with Crippen LogP contribution in [-0.2, 0) is 20.3 Å². The van der Waals surface area contributed by atoms with Gasteiger partial charge in [-0.25, -0.2) is 0 Å². The number of hydrogen-bond donors (Lipinski definition) is 0. The van der Waals surface area contributed by atoms with Gasteiger partial charge >= 0.3 is 5.97 Å². The number of ether oxygens (including phenoxy) is 1. The molecule has 106 valence electrons. The SMILES string of the molecule is CCCCCCCS(=O)CC1(CC(=O)OC)CC1. The van der Waals surface area contributed by atoms with Gasteiger partial charge in [0.15, 0.2) is 0 Å². The molecule has 1 unspecified atom stereocenters. The van der Waals surface area contributed by atoms with E-state index in [0.29, 0.717) is 12.2 Å². The van der Waals surface area contributed by atoms with Crippen LogP contribution in [0.4, 0.5) is 0 Å². The molecule has 0 aromatic carbocycles. The second kappa shape index (κ2) is 7.93. The zero-order valence-electron chi connectivity index (χ0n) is 11.7. The van der Waals surface area contributed by atoms with Gasteiger partial charge in [0.2, 0.25) is 0 Å². The van der Waals surface area contributed by atoms with Crippen molar-refractivity contribution >= 4 is 16.8 Å². The zero-order chi connectivity index (χ0) is 13.4. The van der Waals surface area contributed by atoms with Crippen LogP contribution in [0, 0.1) is 5.41 Å². The quantitative estimate of drug-likeness (QED) is 0.454. The monoisotopic (exact) mass is 274 g/mol. The first-order chi connectivity index (χ1) is 8.62. The third-order valence-electron chi connectivity index (χ3n) is 3.65. The van der Waals surface area contributed by atoms with Crippen molar-refractivity contribution in [2.24, 2.45) is 5.41 Å². The number of rotatable bonds is 10. The minimum atomic E-state index is -0.759. The molecule has 0 radical (unpaired) electrons. The van der Waals surface area contributed by atoms with Crippen LogP contribution in [0.1, 0.15) is 58.3 Å². The lowest BCUT2D eigenvalue weighted by molar-refractivity contribution is -0.141. The Morgan fingerprint density at radius 3 is 2.44 bits per heavy atom. The minimum Gasteiger partial charge on any atom is -0.469 e. The van der Waals surface area contributed by atoms with Crippen molar-refractivity contribution < 1.29 is 13.7 Å². The summed E-state index contributed by atoms with van der Waals surface area (Å²) in [5.74, 6) is 1.33. The van der Waals surface area contributed by atoms with E-state index in [1.54, 1.807) is 0 Å². The molecule has 18 heavy (non-hydrogen) atoms. The first-order valence-electron chi connectivity index (χ1n) is 7.04. The van der Waals surface area contributed by atoms with Gasteiger partial charge < -0.3 is 4.74 Å². The van der Waals surface area contributed by atoms with Crippen LogP contribution < -0.4 is 0 Å². The number of carbonyl (C=O) groups excluding carboxylic acids is 1. The number of carbonyl (C=O) groups is 1. The molecule has 0 heterocycles. The number of unbranched alkanes of at least 4 members (excludes halogenated alkanes) is 4. The summed E-state index contributed by atoms with van der Waals surface area (Å²) in [4.78, 5) is 11.3. The van der Waals surface area contributed by atoms with Crippen LogP contribution >= 0.6 is 0 Å². The van der Waals surface area contributed by atoms with Gasteiger partial charge in [0.05, 0.1) is 13.5 Å². The smallest absolute Gasteiger partial charge is 0.306 e. The third-order valence-corrected chi connectivity index (χ3v) is 5.33. The van der Waals surface area contributed by atoms with Crippen molar-refractivity contribution in [1.29, 1.82) is 0 Å². The highest BCUT2D eigenvalue weighted by Gasteiger charge is 2.45. The highest BCUT2D eigenvalue weighted by molar-refractivity contribution is 7.85. The molecule has 0 aromatic rings. The van der Waals surface area contributed by atoms with E-state index in [1.165, 1.54) is 32.8 Å². The minimum absolute atomic E-state index is 0.0153. The average molecular weight is 274 g/mol. The topological polar surface area (TPSA) is 43.4 Å². The molecule has 4 heteroatoms. The van der Waals surface area contributed by atoms with Gasteiger partial charge in [-0.2, -0.15) is 0 Å². The van der Waals surface area contributed by atoms with E-state index in [4.69, 9.17) is 4.74 Å². The summed E-state index contributed by atoms with van der Waals surface area (Å²) >= 11 is 0. The van der Waals surface area contributed by atoms with Crippen molar-refractivity contribution in [2.45, 2.75) is 58.3 Å². The van der Waals surface area contributed by atoms with Crippen LogP contribution in [0.25, 0.3) is 0 Å². The maximum absolute atomic E-state index is 12.0. The molecule has 0 spiro atoms. The average Bonchev–Trinajstić information content (AvgIpc) is 3.08. The molecule has 1 rings (SSSR count). The summed E-state index contributed by atoms with van der Waals surface area (Å²) < 4.78 is 16.7. The predicted molar refractivity (Wildman–Crippen MR) is 74.9 cm³/mol. The Labute approximate surface area is 113 Å². The summed E-state index contributed by atoms with van der Waals surface area (Å²) in [5, 5.41) is 0. The number of hydrogen-bond acceptors (Lipinski definition) is 3. The zero-order valence-corrected chi connectivity index (χ0v) is 12.5. The molecule has 1 aliphatic rings. The molecular weight excluding hydrogens is 248 g/mol. The van der Waals surface area contributed by atoms with Gasteiger partial charge in [0, 0.05) is 22.3 Å². The second-order valence-corrected chi connectivity index (χ2v) is 7.03. The number of methoxy groups -OCH3 is 1. The van der Waals surface area contributed by atoms with Crippen LogP contribution in [0.3, 0.4) is 0 Å². The fraction of sp³-hybridized carbons (Fsp3) is 0.929. The maximum Gasteiger partial charge on any atom is 0.306 e. The fourth-order valence-corrected chi connectivity index (χ4v) is 3.95. The molecule has 0 aromatic heterocycles. The van der Waals surface area contributed by atoms with Gasteiger partial charge in [0.25, 0.3) is 0 Å². The lowest BCUT2D eigenvalue weighted by Crippen LogP contribution is -2.19. The summed E-state index contributed by atoms with van der Waals surface area (Å²) in [6, 6.07) is 0. The molecule has 3 nitrogen and oxygen atoms in total.